The molecule has 94 valence electrons. The molecule has 4 heteroatoms. The fourth-order valence-corrected chi connectivity index (χ4v) is 1.60. The van der Waals surface area contributed by atoms with E-state index in [4.69, 9.17) is 5.73 Å². The summed E-state index contributed by atoms with van der Waals surface area (Å²) in [5, 5.41) is 2.62. The molecular weight excluding hydrogens is 214 g/mol. The fourth-order valence-electron chi connectivity index (χ4n) is 1.60. The van der Waals surface area contributed by atoms with Gasteiger partial charge in [-0.25, -0.2) is 0 Å². The van der Waals surface area contributed by atoms with E-state index in [0.717, 1.165) is 25.2 Å². The molecule has 0 bridgehead atoms. The summed E-state index contributed by atoms with van der Waals surface area (Å²) >= 11 is 0. The molecule has 0 saturated heterocycles. The van der Waals surface area contributed by atoms with Gasteiger partial charge in [0.15, 0.2) is 0 Å². The molecule has 3 N–H and O–H groups in total. The van der Waals surface area contributed by atoms with Gasteiger partial charge in [-0.3, -0.25) is 4.79 Å². The van der Waals surface area contributed by atoms with Gasteiger partial charge in [0.2, 0.25) is 5.91 Å². The van der Waals surface area contributed by atoms with Gasteiger partial charge in [-0.15, -0.1) is 0 Å². The number of benzene rings is 1. The summed E-state index contributed by atoms with van der Waals surface area (Å²) in [7, 11) is 3.68. The molecule has 0 aliphatic carbocycles. The van der Waals surface area contributed by atoms with Gasteiger partial charge in [0.1, 0.15) is 0 Å². The fraction of sp³-hybridized carbons (Fsp3) is 0.462. The highest BCUT2D eigenvalue weighted by Gasteiger charge is 2.04. The van der Waals surface area contributed by atoms with Crippen molar-refractivity contribution in [2.24, 2.45) is 0 Å². The SMILES string of the molecule is CNC(=O)CCN(C)CCc1ccccc1N. The number of hydrogen-bond donors (Lipinski definition) is 2. The summed E-state index contributed by atoms with van der Waals surface area (Å²) in [4.78, 5) is 13.2. The maximum absolute atomic E-state index is 11.1. The molecule has 17 heavy (non-hydrogen) atoms. The van der Waals surface area contributed by atoms with Crippen molar-refractivity contribution in [1.82, 2.24) is 10.2 Å². The van der Waals surface area contributed by atoms with Crippen molar-refractivity contribution >= 4 is 11.6 Å². The third kappa shape index (κ3) is 4.87. The third-order valence-electron chi connectivity index (χ3n) is 2.82. The topological polar surface area (TPSA) is 58.4 Å². The second kappa shape index (κ2) is 6.91. The number of nitrogen functional groups attached to an aromatic ring is 1. The lowest BCUT2D eigenvalue weighted by atomic mass is 10.1. The van der Waals surface area contributed by atoms with Crippen molar-refractivity contribution in [3.8, 4) is 0 Å². The van der Waals surface area contributed by atoms with Crippen LogP contribution in [0, 0.1) is 0 Å². The van der Waals surface area contributed by atoms with Crippen LogP contribution in [0.4, 0.5) is 5.69 Å². The van der Waals surface area contributed by atoms with E-state index in [1.807, 2.05) is 31.3 Å². The maximum atomic E-state index is 11.1. The number of nitrogens with zero attached hydrogens (tertiary/aromatic N) is 1. The minimum atomic E-state index is 0.0797. The highest BCUT2D eigenvalue weighted by atomic mass is 16.1. The molecule has 1 aromatic carbocycles. The van der Waals surface area contributed by atoms with Gasteiger partial charge in [-0.2, -0.15) is 0 Å². The minimum Gasteiger partial charge on any atom is -0.399 e. The molecule has 0 aromatic heterocycles. The summed E-state index contributed by atoms with van der Waals surface area (Å²) in [6.45, 7) is 1.68. The van der Waals surface area contributed by atoms with E-state index in [1.165, 1.54) is 5.56 Å². The number of para-hydroxylation sites is 1. The van der Waals surface area contributed by atoms with Gasteiger partial charge in [-0.1, -0.05) is 18.2 Å². The van der Waals surface area contributed by atoms with Crippen molar-refractivity contribution in [1.29, 1.82) is 0 Å². The Labute approximate surface area is 103 Å². The first-order valence-electron chi connectivity index (χ1n) is 5.86. The predicted octanol–water partition coefficient (Wildman–Crippen LogP) is 0.879. The van der Waals surface area contributed by atoms with Crippen molar-refractivity contribution in [2.45, 2.75) is 12.8 Å². The summed E-state index contributed by atoms with van der Waals surface area (Å²) in [6.07, 6.45) is 1.45. The lowest BCUT2D eigenvalue weighted by molar-refractivity contribution is -0.120. The molecule has 0 radical (unpaired) electrons. The summed E-state index contributed by atoms with van der Waals surface area (Å²) in [6, 6.07) is 7.89. The van der Waals surface area contributed by atoms with Crippen LogP contribution in [0.25, 0.3) is 0 Å². The number of carbonyl (C=O) groups is 1. The van der Waals surface area contributed by atoms with E-state index in [1.54, 1.807) is 7.05 Å². The molecule has 1 amide bonds. The number of anilines is 1. The van der Waals surface area contributed by atoms with Crippen LogP contribution in [-0.2, 0) is 11.2 Å². The predicted molar refractivity (Wildman–Crippen MR) is 70.7 cm³/mol. The molecule has 0 saturated carbocycles. The Balaban J connectivity index is 2.31. The molecule has 0 aliphatic rings. The summed E-state index contributed by atoms with van der Waals surface area (Å²) < 4.78 is 0. The van der Waals surface area contributed by atoms with E-state index in [2.05, 4.69) is 10.2 Å². The number of amides is 1. The first kappa shape index (κ1) is 13.5. The highest BCUT2D eigenvalue weighted by Crippen LogP contribution is 2.11. The molecule has 0 aliphatic heterocycles. The average Bonchev–Trinajstić information content (AvgIpc) is 2.35. The number of rotatable bonds is 6. The van der Waals surface area contributed by atoms with E-state index >= 15 is 0 Å². The zero-order chi connectivity index (χ0) is 12.7. The lowest BCUT2D eigenvalue weighted by Crippen LogP contribution is -2.28. The number of nitrogens with two attached hydrogens (primary N) is 1. The Morgan fingerprint density at radius 2 is 2.06 bits per heavy atom. The number of likely N-dealkylation sites (N-methyl/N-ethyl adjacent to an activating group) is 1. The molecule has 4 nitrogen and oxygen atoms in total. The first-order valence-corrected chi connectivity index (χ1v) is 5.86. The van der Waals surface area contributed by atoms with Crippen LogP contribution in [0.2, 0.25) is 0 Å². The largest absolute Gasteiger partial charge is 0.399 e. The van der Waals surface area contributed by atoms with Gasteiger partial charge in [0, 0.05) is 32.2 Å². The van der Waals surface area contributed by atoms with Crippen LogP contribution in [-0.4, -0.2) is 38.0 Å². The third-order valence-corrected chi connectivity index (χ3v) is 2.82. The first-order chi connectivity index (χ1) is 8.13. The molecule has 0 fully saturated rings. The maximum Gasteiger partial charge on any atom is 0.221 e. The van der Waals surface area contributed by atoms with Gasteiger partial charge in [0.05, 0.1) is 0 Å². The Bertz CT molecular complexity index is 365. The van der Waals surface area contributed by atoms with Crippen LogP contribution >= 0.6 is 0 Å². The highest BCUT2D eigenvalue weighted by molar-refractivity contribution is 5.75. The minimum absolute atomic E-state index is 0.0797. The standard InChI is InChI=1S/C13H21N3O/c1-15-13(17)8-10-16(2)9-7-11-5-3-4-6-12(11)14/h3-6H,7-10,14H2,1-2H3,(H,15,17). The zero-order valence-corrected chi connectivity index (χ0v) is 10.6. The monoisotopic (exact) mass is 235 g/mol. The van der Waals surface area contributed by atoms with Crippen molar-refractivity contribution in [3.05, 3.63) is 29.8 Å². The van der Waals surface area contributed by atoms with Gasteiger partial charge >= 0.3 is 0 Å². The van der Waals surface area contributed by atoms with E-state index in [0.29, 0.717) is 6.42 Å². The molecule has 0 spiro atoms. The van der Waals surface area contributed by atoms with Crippen molar-refractivity contribution < 1.29 is 4.79 Å². The van der Waals surface area contributed by atoms with Crippen LogP contribution in [0.1, 0.15) is 12.0 Å². The smallest absolute Gasteiger partial charge is 0.221 e. The van der Waals surface area contributed by atoms with E-state index in [-0.39, 0.29) is 5.91 Å². The normalized spacial score (nSPS) is 10.5. The summed E-state index contributed by atoms with van der Waals surface area (Å²) in [5.41, 5.74) is 7.87. The molecule has 0 heterocycles. The quantitative estimate of drug-likeness (QED) is 0.720. The Hall–Kier alpha value is -1.55. The van der Waals surface area contributed by atoms with Crippen LogP contribution in [0.5, 0.6) is 0 Å². The average molecular weight is 235 g/mol. The Morgan fingerprint density at radius 1 is 1.35 bits per heavy atom. The second-order valence-electron chi connectivity index (χ2n) is 4.18. The molecular formula is C13H21N3O. The van der Waals surface area contributed by atoms with Crippen molar-refractivity contribution in [2.75, 3.05) is 32.9 Å². The number of hydrogen-bond acceptors (Lipinski definition) is 3. The van der Waals surface area contributed by atoms with E-state index in [9.17, 15) is 4.79 Å². The molecule has 1 aromatic rings. The van der Waals surface area contributed by atoms with Crippen LogP contribution in [0.15, 0.2) is 24.3 Å². The van der Waals surface area contributed by atoms with Gasteiger partial charge in [0.25, 0.3) is 0 Å². The van der Waals surface area contributed by atoms with Gasteiger partial charge < -0.3 is 16.0 Å². The van der Waals surface area contributed by atoms with E-state index < -0.39 is 0 Å². The number of nitrogens with one attached hydrogen (secondary N) is 1. The Kier molecular flexibility index (Phi) is 5.49. The summed E-state index contributed by atoms with van der Waals surface area (Å²) in [5.74, 6) is 0.0797. The lowest BCUT2D eigenvalue weighted by Gasteiger charge is -2.16. The Morgan fingerprint density at radius 3 is 2.71 bits per heavy atom. The van der Waals surface area contributed by atoms with Crippen molar-refractivity contribution in [3.63, 3.8) is 0 Å². The zero-order valence-electron chi connectivity index (χ0n) is 10.6. The molecule has 1 rings (SSSR count). The molecule has 0 unspecified atom stereocenters. The van der Waals surface area contributed by atoms with Gasteiger partial charge in [-0.05, 0) is 25.1 Å². The number of carbonyl (C=O) groups excluding carboxylic acids is 1. The van der Waals surface area contributed by atoms with Crippen LogP contribution in [0.3, 0.4) is 0 Å². The second-order valence-corrected chi connectivity index (χ2v) is 4.18. The van der Waals surface area contributed by atoms with Crippen LogP contribution < -0.4 is 11.1 Å². The molecule has 0 atom stereocenters.